The van der Waals surface area contributed by atoms with E-state index in [9.17, 15) is 19.7 Å². The third-order valence-corrected chi connectivity index (χ3v) is 8.57. The van der Waals surface area contributed by atoms with E-state index in [0.717, 1.165) is 0 Å². The van der Waals surface area contributed by atoms with Crippen LogP contribution >= 0.6 is 0 Å². The number of nitro groups is 1. The van der Waals surface area contributed by atoms with Crippen molar-refractivity contribution in [2.45, 2.75) is 7.43 Å². The Hall–Kier alpha value is -2.47. The zero-order valence-electron chi connectivity index (χ0n) is 32.3. The molecule has 0 aliphatic carbocycles. The molecule has 0 aliphatic rings. The molecule has 0 aromatic heterocycles. The summed E-state index contributed by atoms with van der Waals surface area (Å²) in [6.07, 6.45) is -11.8. The second-order valence-electron chi connectivity index (χ2n) is 12.5. The Kier molecular flexibility index (Phi) is 28.7. The second kappa shape index (κ2) is 28.9. The van der Waals surface area contributed by atoms with Crippen molar-refractivity contribution < 1.29 is 33.5 Å². The highest BCUT2D eigenvalue weighted by Gasteiger charge is 2.50. The molecule has 2 aromatic carbocycles. The number of hydrogen-bond donors (Lipinski definition) is 3. The van der Waals surface area contributed by atoms with Crippen molar-refractivity contribution in [2.24, 2.45) is 0 Å². The number of non-ortho nitro benzene ring substituents is 1. The van der Waals surface area contributed by atoms with E-state index in [1.165, 1.54) is 53.7 Å². The highest BCUT2D eigenvalue weighted by atomic mass is 16.6. The molecule has 0 unspecified atom stereocenters. The average molecular weight is 730 g/mol. The number of ether oxygens (including phenoxy) is 4. The number of amides is 2. The van der Waals surface area contributed by atoms with Gasteiger partial charge in [-0.25, -0.2) is 9.59 Å². The predicted molar refractivity (Wildman–Crippen MR) is 271 cm³/mol. The lowest BCUT2D eigenvalue weighted by Gasteiger charge is -2.48. The normalized spacial score (nSPS) is 9.17. The van der Waals surface area contributed by atoms with Crippen LogP contribution in [0, 0.1) is 10.1 Å². The van der Waals surface area contributed by atoms with Crippen LogP contribution < -0.4 is 25.8 Å². The monoisotopic (exact) mass is 735 g/mol. The van der Waals surface area contributed by atoms with Crippen LogP contribution in [0.1, 0.15) is 7.43 Å². The molecule has 58 heavy (non-hydrogen) atoms. The third kappa shape index (κ3) is 18.4. The van der Waals surface area contributed by atoms with Crippen molar-refractivity contribution >= 4 is 227 Å². The number of carbonyl (C=O) groups excluding carboxylic acids is 2. The van der Waals surface area contributed by atoms with E-state index in [2.05, 4.69) is 20.1 Å². The molecule has 0 fully saturated rings. The highest BCUT2D eigenvalue weighted by Crippen LogP contribution is 2.29. The van der Waals surface area contributed by atoms with Crippen molar-refractivity contribution in [3.8, 4) is 11.5 Å². The molecule has 0 spiro atoms. The maximum atomic E-state index is 11.0. The number of nitro benzene ring substituents is 1. The van der Waals surface area contributed by atoms with Gasteiger partial charge in [-0.2, -0.15) is 0 Å². The first-order valence-corrected chi connectivity index (χ1v) is 16.9. The number of benzene rings is 2. The number of nitrogen functional groups attached to an aromatic ring is 1. The molecule has 12 nitrogen and oxygen atoms in total. The Morgan fingerprint density at radius 2 is 0.966 bits per heavy atom. The van der Waals surface area contributed by atoms with Crippen LogP contribution in [0.4, 0.5) is 32.3 Å². The van der Waals surface area contributed by atoms with Crippen LogP contribution in [0.3, 0.4) is 0 Å². The fourth-order valence-corrected chi connectivity index (χ4v) is 6.03. The summed E-state index contributed by atoms with van der Waals surface area (Å²) >= 11 is 0. The maximum Gasteiger partial charge on any atom is 0.411 e. The third-order valence-electron chi connectivity index (χ3n) is 8.57. The lowest BCUT2D eigenvalue weighted by molar-refractivity contribution is -0.384. The van der Waals surface area contributed by atoms with Crippen LogP contribution in [-0.4, -0.2) is 238 Å². The van der Waals surface area contributed by atoms with Gasteiger partial charge in [-0.1, -0.05) is 7.43 Å². The topological polar surface area (TPSA) is 164 Å². The van der Waals surface area contributed by atoms with Gasteiger partial charge in [0.15, 0.2) is 0 Å². The molecule has 0 saturated heterocycles. The van der Waals surface area contributed by atoms with Crippen molar-refractivity contribution in [3.05, 3.63) is 46.5 Å². The van der Waals surface area contributed by atoms with Crippen molar-refractivity contribution in [3.63, 3.8) is 0 Å². The molecule has 0 atom stereocenters. The number of methoxy groups -OCH3 is 4. The molecular weight excluding hydrogens is 704 g/mol. The molecule has 0 bridgehead atoms. The molecule has 2 rings (SSSR count). The SMILES string of the molecule is C.COC(=O)Nc1cc(N)ccc1OC.COC(=O)Nc1cc([N+](=O)[O-])ccc1OC.[B][B]B([B])B(B(B([B])[B])B([B])[B])B(B(B([B])[B])B([B])[B])B(B([B])[B])B([B])[B]. The minimum Gasteiger partial charge on any atom is -0.495 e. The van der Waals surface area contributed by atoms with E-state index in [1.54, 1.807) is 18.2 Å². The summed E-state index contributed by atoms with van der Waals surface area (Å²) in [6, 6.07) is 8.80. The van der Waals surface area contributed by atoms with Gasteiger partial charge in [0.2, 0.25) is 0 Å². The molecule has 2 amide bonds. The minimum absolute atomic E-state index is 0. The van der Waals surface area contributed by atoms with E-state index in [-0.39, 0.29) is 18.8 Å². The van der Waals surface area contributed by atoms with E-state index in [0.29, 0.717) is 22.9 Å². The van der Waals surface area contributed by atoms with Gasteiger partial charge in [-0.15, -0.1) is 0 Å². The van der Waals surface area contributed by atoms with Crippen LogP contribution in [0.25, 0.3) is 0 Å². The summed E-state index contributed by atoms with van der Waals surface area (Å²) in [4.78, 5) is 31.9. The van der Waals surface area contributed by atoms with Gasteiger partial charge in [0.25, 0.3) is 5.69 Å². The fourth-order valence-electron chi connectivity index (χ4n) is 6.03. The van der Waals surface area contributed by atoms with Crippen LogP contribution in [0.2, 0.25) is 0 Å². The number of nitrogens with two attached hydrogens (primary N) is 1. The average Bonchev–Trinajstić information content (AvgIpc) is 3.12. The molecule has 0 heterocycles. The smallest absolute Gasteiger partial charge is 0.411 e. The number of rotatable bonds is 17. The van der Waals surface area contributed by atoms with Gasteiger partial charge in [0.05, 0.1) is 44.7 Å². The lowest BCUT2D eigenvalue weighted by atomic mass is 8.33. The minimum atomic E-state index is -0.994. The summed E-state index contributed by atoms with van der Waals surface area (Å²) in [5.74, 6) is 0.848. The quantitative estimate of drug-likeness (QED) is 0.0622. The molecule has 4 N–H and O–H groups in total. The van der Waals surface area contributed by atoms with Gasteiger partial charge < -0.3 is 24.7 Å². The molecule has 39 heteroatoms. The second-order valence-corrected chi connectivity index (χ2v) is 12.5. The summed E-state index contributed by atoms with van der Waals surface area (Å²) in [6.45, 7) is 0. The molecule has 251 valence electrons. The van der Waals surface area contributed by atoms with Crippen molar-refractivity contribution in [1.29, 1.82) is 0 Å². The number of hydrogen-bond acceptors (Lipinski definition) is 9. The molecule has 0 aliphatic heterocycles. The number of anilines is 3. The Labute approximate surface area is 368 Å². The standard InChI is InChI=1S/C9H10N2O5.C9H12N2O3.CH4.B27/c1-15-8-4-3-6(11(13)14)5-7(8)10-9(12)16-2;1-13-8-4-3-6(10)5-7(8)11-9(12)14-2;;1-15-22(14)26(23(16(2)3)17(4)5)27(24(18(6)7)19(8)9)25(20(10)11)21(12)13/h3-5H,1-2H3,(H,10,12);3-5H,10H2,1-2H3,(H,11,12);1H4;. The van der Waals surface area contributed by atoms with E-state index < -0.39 is 93.7 Å². The zero-order chi connectivity index (χ0) is 44.3. The van der Waals surface area contributed by atoms with E-state index in [1.807, 2.05) is 0 Å². The van der Waals surface area contributed by atoms with Gasteiger partial charge >= 0.3 is 12.2 Å². The van der Waals surface area contributed by atoms with Gasteiger partial charge in [-0.3, -0.25) is 20.7 Å². The summed E-state index contributed by atoms with van der Waals surface area (Å²) < 4.78 is 18.8. The van der Waals surface area contributed by atoms with Gasteiger partial charge in [0.1, 0.15) is 11.5 Å². The van der Waals surface area contributed by atoms with Gasteiger partial charge in [0, 0.05) is 210 Å². The molecule has 0 saturated carbocycles. The van der Waals surface area contributed by atoms with Crippen LogP contribution in [0.5, 0.6) is 11.5 Å². The van der Waals surface area contributed by atoms with Crippen molar-refractivity contribution in [2.75, 3.05) is 44.8 Å². The number of carbonyl (C=O) groups is 2. The Bertz CT molecular complexity index is 1500. The largest absolute Gasteiger partial charge is 0.495 e. The van der Waals surface area contributed by atoms with E-state index >= 15 is 0 Å². The molecular formula is C19H26B27N4O8. The summed E-state index contributed by atoms with van der Waals surface area (Å²) in [5, 5.41) is 15.3. The molecule has 29 radical (unpaired) electrons. The summed E-state index contributed by atoms with van der Waals surface area (Å²) in [5.41, 5.74) is 6.61. The first-order valence-electron chi connectivity index (χ1n) is 16.9. The number of nitrogens with zero attached hydrogens (tertiary/aromatic N) is 1. The maximum absolute atomic E-state index is 11.0. The zero-order valence-corrected chi connectivity index (χ0v) is 32.3. The van der Waals surface area contributed by atoms with Crippen LogP contribution in [-0.2, 0) is 9.47 Å². The lowest BCUT2D eigenvalue weighted by Crippen LogP contribution is -2.86. The predicted octanol–water partition coefficient (Wildman–Crippen LogP) is -6.41. The Balaban J connectivity index is 0. The van der Waals surface area contributed by atoms with Gasteiger partial charge in [-0.05, 0) is 24.3 Å². The molecule has 2 aromatic rings. The van der Waals surface area contributed by atoms with E-state index in [4.69, 9.17) is 124 Å². The Morgan fingerprint density at radius 1 is 0.621 bits per heavy atom. The first-order chi connectivity index (χ1) is 26.5. The fraction of sp³-hybridized carbons (Fsp3) is 0.263. The Morgan fingerprint density at radius 3 is 1.28 bits per heavy atom. The summed E-state index contributed by atoms with van der Waals surface area (Å²) in [7, 11) is 89.9. The van der Waals surface area contributed by atoms with Crippen LogP contribution in [0.15, 0.2) is 36.4 Å². The first kappa shape index (κ1) is 57.6. The highest BCUT2D eigenvalue weighted by molar-refractivity contribution is 8.25. The van der Waals surface area contributed by atoms with Crippen molar-refractivity contribution in [1.82, 2.24) is 0 Å². The number of nitrogens with one attached hydrogen (secondary N) is 2.